The van der Waals surface area contributed by atoms with E-state index in [-0.39, 0.29) is 17.3 Å². The van der Waals surface area contributed by atoms with E-state index in [0.717, 1.165) is 51.7 Å². The van der Waals surface area contributed by atoms with Crippen molar-refractivity contribution >= 4 is 11.7 Å². The van der Waals surface area contributed by atoms with Gasteiger partial charge < -0.3 is 23.8 Å². The minimum Gasteiger partial charge on any atom is -0.494 e. The lowest BCUT2D eigenvalue weighted by molar-refractivity contribution is 0.161. The van der Waals surface area contributed by atoms with Gasteiger partial charge in [-0.25, -0.2) is 8.78 Å². The van der Waals surface area contributed by atoms with Crippen LogP contribution in [0.15, 0.2) is 43.0 Å². The van der Waals surface area contributed by atoms with Crippen LogP contribution in [0.5, 0.6) is 11.5 Å². The van der Waals surface area contributed by atoms with Crippen LogP contribution in [0.25, 0.3) is 5.76 Å². The molecule has 2 aromatic carbocycles. The van der Waals surface area contributed by atoms with Gasteiger partial charge in [0.05, 0.1) is 37.6 Å². The molecule has 0 bridgehead atoms. The Hall–Kier alpha value is -3.13. The third-order valence-electron chi connectivity index (χ3n) is 6.65. The fourth-order valence-electron chi connectivity index (χ4n) is 4.59. The Morgan fingerprint density at radius 1 is 0.875 bits per heavy atom. The van der Waals surface area contributed by atoms with E-state index in [9.17, 15) is 8.78 Å². The van der Waals surface area contributed by atoms with Crippen molar-refractivity contribution in [3.8, 4) is 11.5 Å². The van der Waals surface area contributed by atoms with Crippen molar-refractivity contribution in [2.45, 2.75) is 59.8 Å². The van der Waals surface area contributed by atoms with Crippen LogP contribution in [0.2, 0.25) is 0 Å². The molecule has 1 fully saturated rings. The number of benzene rings is 2. The summed E-state index contributed by atoms with van der Waals surface area (Å²) < 4.78 is 50.3. The van der Waals surface area contributed by atoms with Gasteiger partial charge in [0.25, 0.3) is 0 Å². The molecule has 2 aromatic rings. The Balaban J connectivity index is 0.00000274. The second-order valence-electron chi connectivity index (χ2n) is 9.38. The Morgan fingerprint density at radius 3 is 1.98 bits per heavy atom. The molecule has 40 heavy (non-hydrogen) atoms. The molecule has 0 spiro atoms. The van der Waals surface area contributed by atoms with Crippen LogP contribution in [-0.4, -0.2) is 56.9 Å². The summed E-state index contributed by atoms with van der Waals surface area (Å²) in [5.41, 5.74) is 0.502. The zero-order valence-corrected chi connectivity index (χ0v) is 24.6. The molecule has 1 heterocycles. The Kier molecular flexibility index (Phi) is 15.1. The summed E-state index contributed by atoms with van der Waals surface area (Å²) in [5.74, 6) is 0.930. The molecule has 6 nitrogen and oxygen atoms in total. The van der Waals surface area contributed by atoms with Gasteiger partial charge in [-0.3, -0.25) is 5.41 Å². The molecule has 1 N–H and O–H groups in total. The number of likely N-dealkylation sites (tertiary alicyclic amines) is 1. The second-order valence-corrected chi connectivity index (χ2v) is 9.38. The van der Waals surface area contributed by atoms with E-state index in [1.807, 2.05) is 20.8 Å². The first-order valence-corrected chi connectivity index (χ1v) is 14.5. The first kappa shape index (κ1) is 33.1. The lowest BCUT2D eigenvalue weighted by Crippen LogP contribution is -2.35. The standard InChI is InChI=1S/C30H40F2N2O4.C2H6/c1-4-35-22(3)26-11-9-24(20-28(26)31)37-18-6-8-23-13-16-34(17-14-23)15-7-19-38-25-10-12-27(29(32)21-25)30(33)36-5-2;1-2/h9-12,20-21,23,33H,3-8,13-19H2,1-2H3;1-2H3. The van der Waals surface area contributed by atoms with Crippen LogP contribution >= 0.6 is 0 Å². The van der Waals surface area contributed by atoms with Crippen LogP contribution in [0.1, 0.15) is 70.9 Å². The van der Waals surface area contributed by atoms with Crippen molar-refractivity contribution in [2.75, 3.05) is 46.1 Å². The lowest BCUT2D eigenvalue weighted by atomic mass is 9.92. The summed E-state index contributed by atoms with van der Waals surface area (Å²) in [4.78, 5) is 2.45. The highest BCUT2D eigenvalue weighted by Crippen LogP contribution is 2.25. The molecule has 0 aliphatic carbocycles. The van der Waals surface area contributed by atoms with E-state index >= 15 is 0 Å². The van der Waals surface area contributed by atoms with Gasteiger partial charge in [0, 0.05) is 18.7 Å². The largest absolute Gasteiger partial charge is 0.494 e. The third kappa shape index (κ3) is 10.8. The average molecular weight is 561 g/mol. The van der Waals surface area contributed by atoms with Crippen LogP contribution < -0.4 is 9.47 Å². The molecule has 222 valence electrons. The zero-order valence-electron chi connectivity index (χ0n) is 24.6. The predicted molar refractivity (Wildman–Crippen MR) is 157 cm³/mol. The Bertz CT molecular complexity index is 972. The Labute approximate surface area is 238 Å². The number of nitrogens with zero attached hydrogens (tertiary/aromatic N) is 1. The van der Waals surface area contributed by atoms with Crippen molar-refractivity contribution in [3.63, 3.8) is 0 Å². The number of halogens is 2. The molecular formula is C32H46F2N2O4. The molecule has 0 amide bonds. The summed E-state index contributed by atoms with van der Waals surface area (Å²) in [6, 6.07) is 9.30. The van der Waals surface area contributed by atoms with Crippen molar-refractivity contribution in [3.05, 3.63) is 65.7 Å². The van der Waals surface area contributed by atoms with Crippen molar-refractivity contribution in [1.29, 1.82) is 5.41 Å². The van der Waals surface area contributed by atoms with Crippen LogP contribution in [-0.2, 0) is 9.47 Å². The van der Waals surface area contributed by atoms with Crippen LogP contribution in [0, 0.1) is 23.0 Å². The van der Waals surface area contributed by atoms with Crippen LogP contribution in [0.3, 0.4) is 0 Å². The van der Waals surface area contributed by atoms with Gasteiger partial charge in [0.1, 0.15) is 28.9 Å². The molecule has 0 aromatic heterocycles. The molecule has 1 aliphatic rings. The number of piperidine rings is 1. The molecule has 0 unspecified atom stereocenters. The summed E-state index contributed by atoms with van der Waals surface area (Å²) in [6.45, 7) is 16.3. The van der Waals surface area contributed by atoms with E-state index in [0.29, 0.717) is 55.2 Å². The molecular weight excluding hydrogens is 514 g/mol. The van der Waals surface area contributed by atoms with Crippen molar-refractivity contribution in [2.24, 2.45) is 5.92 Å². The molecule has 0 radical (unpaired) electrons. The van der Waals surface area contributed by atoms with Gasteiger partial charge >= 0.3 is 0 Å². The van der Waals surface area contributed by atoms with E-state index in [4.69, 9.17) is 24.4 Å². The average Bonchev–Trinajstić information content (AvgIpc) is 2.95. The number of ether oxygens (including phenoxy) is 4. The molecule has 0 saturated carbocycles. The minimum atomic E-state index is -0.512. The molecule has 1 aliphatic heterocycles. The van der Waals surface area contributed by atoms with E-state index in [1.165, 1.54) is 18.2 Å². The molecule has 0 atom stereocenters. The fourth-order valence-corrected chi connectivity index (χ4v) is 4.59. The maximum atomic E-state index is 14.3. The van der Waals surface area contributed by atoms with E-state index < -0.39 is 5.82 Å². The maximum absolute atomic E-state index is 14.3. The van der Waals surface area contributed by atoms with Gasteiger partial charge in [0.2, 0.25) is 5.90 Å². The second kappa shape index (κ2) is 18.3. The maximum Gasteiger partial charge on any atom is 0.216 e. The lowest BCUT2D eigenvalue weighted by Gasteiger charge is -2.32. The number of hydrogen-bond acceptors (Lipinski definition) is 6. The number of hydrogen-bond donors (Lipinski definition) is 1. The number of nitrogens with one attached hydrogen (secondary N) is 1. The van der Waals surface area contributed by atoms with Gasteiger partial charge in [-0.05, 0) is 89.2 Å². The third-order valence-corrected chi connectivity index (χ3v) is 6.65. The fraction of sp³-hybridized carbons (Fsp3) is 0.531. The minimum absolute atomic E-state index is 0.140. The first-order chi connectivity index (χ1) is 19.4. The summed E-state index contributed by atoms with van der Waals surface area (Å²) in [5, 5.41) is 7.72. The Morgan fingerprint density at radius 2 is 1.43 bits per heavy atom. The quantitative estimate of drug-likeness (QED) is 0.105. The highest BCUT2D eigenvalue weighted by Gasteiger charge is 2.19. The first-order valence-electron chi connectivity index (χ1n) is 14.5. The van der Waals surface area contributed by atoms with Gasteiger partial charge in [-0.15, -0.1) is 0 Å². The SMILES string of the molecule is C=C(OCC)c1ccc(OCCCC2CCN(CCCOc3ccc(C(=N)OCC)c(F)c3)CC2)cc1F.CC. The summed E-state index contributed by atoms with van der Waals surface area (Å²) in [7, 11) is 0. The number of rotatable bonds is 15. The summed E-state index contributed by atoms with van der Waals surface area (Å²) in [6.07, 6.45) is 5.21. The molecule has 3 rings (SSSR count). The van der Waals surface area contributed by atoms with Gasteiger partial charge in [0.15, 0.2) is 0 Å². The van der Waals surface area contributed by atoms with Crippen molar-refractivity contribution in [1.82, 2.24) is 4.90 Å². The monoisotopic (exact) mass is 560 g/mol. The van der Waals surface area contributed by atoms with Gasteiger partial charge in [-0.2, -0.15) is 0 Å². The zero-order chi connectivity index (χ0) is 29.3. The van der Waals surface area contributed by atoms with Crippen LogP contribution in [0.4, 0.5) is 8.78 Å². The van der Waals surface area contributed by atoms with Gasteiger partial charge in [-0.1, -0.05) is 20.4 Å². The molecule has 8 heteroatoms. The highest BCUT2D eigenvalue weighted by molar-refractivity contribution is 5.92. The smallest absolute Gasteiger partial charge is 0.216 e. The topological polar surface area (TPSA) is 64.0 Å². The van der Waals surface area contributed by atoms with E-state index in [1.54, 1.807) is 25.1 Å². The highest BCUT2D eigenvalue weighted by atomic mass is 19.1. The van der Waals surface area contributed by atoms with E-state index in [2.05, 4.69) is 11.5 Å². The molecule has 1 saturated heterocycles. The predicted octanol–water partition coefficient (Wildman–Crippen LogP) is 7.70. The normalized spacial score (nSPS) is 13.7. The van der Waals surface area contributed by atoms with Crippen molar-refractivity contribution < 1.29 is 27.7 Å². The summed E-state index contributed by atoms with van der Waals surface area (Å²) >= 11 is 0.